The Balaban J connectivity index is 1.50. The molecule has 3 aromatic rings. The molecule has 4 rings (SSSR count). The molecular weight excluding hydrogens is 342 g/mol. The summed E-state index contributed by atoms with van der Waals surface area (Å²) in [4.78, 5) is 34.8. The summed E-state index contributed by atoms with van der Waals surface area (Å²) >= 11 is 0. The summed E-state index contributed by atoms with van der Waals surface area (Å²) in [5.41, 5.74) is 3.49. The first kappa shape index (κ1) is 17.2. The van der Waals surface area contributed by atoms with Gasteiger partial charge in [0.25, 0.3) is 5.91 Å². The fourth-order valence-corrected chi connectivity index (χ4v) is 2.96. The summed E-state index contributed by atoms with van der Waals surface area (Å²) in [6.45, 7) is 0. The fraction of sp³-hybridized carbons (Fsp3) is 0.300. The van der Waals surface area contributed by atoms with Crippen molar-refractivity contribution in [2.24, 2.45) is 0 Å². The number of hydrogen-bond acceptors (Lipinski definition) is 4. The zero-order valence-corrected chi connectivity index (χ0v) is 15.3. The van der Waals surface area contributed by atoms with Gasteiger partial charge in [0.05, 0.1) is 18.3 Å². The van der Waals surface area contributed by atoms with Gasteiger partial charge in [0.15, 0.2) is 5.65 Å². The zero-order valence-electron chi connectivity index (χ0n) is 15.3. The highest BCUT2D eigenvalue weighted by molar-refractivity contribution is 6.05. The summed E-state index contributed by atoms with van der Waals surface area (Å²) in [7, 11) is 3.45. The molecule has 2 heterocycles. The molecular formula is C20H21N5O2. The molecule has 2 amide bonds. The minimum atomic E-state index is -0.249. The van der Waals surface area contributed by atoms with Crippen molar-refractivity contribution in [2.45, 2.75) is 25.3 Å². The number of aromatic nitrogens is 3. The van der Waals surface area contributed by atoms with Crippen LogP contribution < -0.4 is 5.32 Å². The van der Waals surface area contributed by atoms with E-state index in [2.05, 4.69) is 19.9 Å². The molecule has 27 heavy (non-hydrogen) atoms. The van der Waals surface area contributed by atoms with E-state index in [1.54, 1.807) is 43.7 Å². The van der Waals surface area contributed by atoms with Crippen molar-refractivity contribution < 1.29 is 9.59 Å². The first-order valence-electron chi connectivity index (χ1n) is 8.94. The number of rotatable bonds is 5. The Bertz CT molecular complexity index is 1020. The van der Waals surface area contributed by atoms with Crippen LogP contribution in [0.25, 0.3) is 11.2 Å². The smallest absolute Gasteiger partial charge is 0.257 e. The van der Waals surface area contributed by atoms with Crippen molar-refractivity contribution in [3.63, 3.8) is 0 Å². The average molecular weight is 363 g/mol. The van der Waals surface area contributed by atoms with Crippen molar-refractivity contribution in [2.75, 3.05) is 19.4 Å². The standard InChI is InChI=1S/C20H21N5O2/c1-24(2)18(26)9-13-4-3-5-15(8-13)23-20(27)14-10-17-19(21-11-14)25(12-22-17)16-6-7-16/h3-5,8,10-12,16H,6-7,9H2,1-2H3,(H,23,27). The molecule has 0 bridgehead atoms. The number of likely N-dealkylation sites (N-methyl/N-ethyl adjacent to an activating group) is 1. The lowest BCUT2D eigenvalue weighted by Gasteiger charge is -2.11. The van der Waals surface area contributed by atoms with Gasteiger partial charge in [-0.05, 0) is 36.6 Å². The first-order chi connectivity index (χ1) is 13.0. The van der Waals surface area contributed by atoms with E-state index in [0.29, 0.717) is 23.7 Å². The number of nitrogens with zero attached hydrogens (tertiary/aromatic N) is 4. The quantitative estimate of drug-likeness (QED) is 0.756. The summed E-state index contributed by atoms with van der Waals surface area (Å²) in [5, 5.41) is 2.87. The molecule has 7 nitrogen and oxygen atoms in total. The first-order valence-corrected chi connectivity index (χ1v) is 8.94. The second-order valence-corrected chi connectivity index (χ2v) is 7.07. The molecule has 138 valence electrons. The van der Waals surface area contributed by atoms with E-state index < -0.39 is 0 Å². The van der Waals surface area contributed by atoms with Crippen LogP contribution in [0.4, 0.5) is 5.69 Å². The van der Waals surface area contributed by atoms with Crippen molar-refractivity contribution in [3.05, 3.63) is 54.0 Å². The number of amides is 2. The number of nitrogens with one attached hydrogen (secondary N) is 1. The number of carbonyl (C=O) groups excluding carboxylic acids is 2. The molecule has 1 saturated carbocycles. The van der Waals surface area contributed by atoms with Crippen molar-refractivity contribution in [1.29, 1.82) is 0 Å². The third kappa shape index (κ3) is 3.67. The maximum Gasteiger partial charge on any atom is 0.257 e. The van der Waals surface area contributed by atoms with Crippen LogP contribution in [-0.4, -0.2) is 45.3 Å². The minimum absolute atomic E-state index is 0.0133. The molecule has 0 radical (unpaired) electrons. The lowest BCUT2D eigenvalue weighted by Crippen LogP contribution is -2.23. The van der Waals surface area contributed by atoms with Gasteiger partial charge in [-0.1, -0.05) is 12.1 Å². The number of imidazole rings is 1. The topological polar surface area (TPSA) is 80.1 Å². The molecule has 1 fully saturated rings. The van der Waals surface area contributed by atoms with Crippen LogP contribution in [0.3, 0.4) is 0 Å². The fourth-order valence-electron chi connectivity index (χ4n) is 2.96. The molecule has 2 aromatic heterocycles. The number of fused-ring (bicyclic) bond motifs is 1. The van der Waals surface area contributed by atoms with E-state index in [9.17, 15) is 9.59 Å². The minimum Gasteiger partial charge on any atom is -0.349 e. The van der Waals surface area contributed by atoms with Crippen LogP contribution in [0.1, 0.15) is 34.8 Å². The van der Waals surface area contributed by atoms with E-state index in [0.717, 1.165) is 29.6 Å². The summed E-state index contributed by atoms with van der Waals surface area (Å²) in [5.74, 6) is -0.235. The highest BCUT2D eigenvalue weighted by Crippen LogP contribution is 2.36. The predicted molar refractivity (Wildman–Crippen MR) is 103 cm³/mol. The molecule has 0 saturated heterocycles. The number of anilines is 1. The molecule has 1 N–H and O–H groups in total. The lowest BCUT2D eigenvalue weighted by atomic mass is 10.1. The van der Waals surface area contributed by atoms with Crippen LogP contribution in [0.2, 0.25) is 0 Å². The Morgan fingerprint density at radius 2 is 2.04 bits per heavy atom. The van der Waals surface area contributed by atoms with Crippen LogP contribution in [-0.2, 0) is 11.2 Å². The van der Waals surface area contributed by atoms with Gasteiger partial charge in [-0.2, -0.15) is 0 Å². The van der Waals surface area contributed by atoms with E-state index in [-0.39, 0.29) is 11.8 Å². The highest BCUT2D eigenvalue weighted by Gasteiger charge is 2.25. The number of hydrogen-bond donors (Lipinski definition) is 1. The summed E-state index contributed by atoms with van der Waals surface area (Å²) in [6.07, 6.45) is 5.98. The third-order valence-corrected chi connectivity index (χ3v) is 4.65. The van der Waals surface area contributed by atoms with Crippen LogP contribution in [0.5, 0.6) is 0 Å². The molecule has 0 unspecified atom stereocenters. The Labute approximate surface area is 157 Å². The van der Waals surface area contributed by atoms with Gasteiger partial charge in [0.1, 0.15) is 5.52 Å². The predicted octanol–water partition coefficient (Wildman–Crippen LogP) is 2.65. The molecule has 0 spiro atoms. The monoisotopic (exact) mass is 363 g/mol. The third-order valence-electron chi connectivity index (χ3n) is 4.65. The Kier molecular flexibility index (Phi) is 4.35. The Morgan fingerprint density at radius 1 is 1.22 bits per heavy atom. The number of pyridine rings is 1. The van der Waals surface area contributed by atoms with E-state index in [1.165, 1.54) is 0 Å². The maximum absolute atomic E-state index is 12.6. The second kappa shape index (κ2) is 6.83. The van der Waals surface area contributed by atoms with E-state index >= 15 is 0 Å². The largest absolute Gasteiger partial charge is 0.349 e. The number of carbonyl (C=O) groups is 2. The average Bonchev–Trinajstić information content (AvgIpc) is 3.40. The number of benzene rings is 1. The van der Waals surface area contributed by atoms with Crippen LogP contribution in [0, 0.1) is 0 Å². The van der Waals surface area contributed by atoms with Gasteiger partial charge in [0, 0.05) is 32.0 Å². The molecule has 1 aromatic carbocycles. The van der Waals surface area contributed by atoms with Gasteiger partial charge in [-0.15, -0.1) is 0 Å². The van der Waals surface area contributed by atoms with Crippen molar-refractivity contribution in [1.82, 2.24) is 19.4 Å². The summed E-state index contributed by atoms with van der Waals surface area (Å²) in [6, 6.07) is 9.56. The van der Waals surface area contributed by atoms with E-state index in [1.807, 2.05) is 18.2 Å². The van der Waals surface area contributed by atoms with Crippen LogP contribution >= 0.6 is 0 Å². The van der Waals surface area contributed by atoms with Gasteiger partial charge < -0.3 is 14.8 Å². The molecule has 7 heteroatoms. The van der Waals surface area contributed by atoms with Gasteiger partial charge in [-0.3, -0.25) is 9.59 Å². The Morgan fingerprint density at radius 3 is 2.78 bits per heavy atom. The highest BCUT2D eigenvalue weighted by atomic mass is 16.2. The van der Waals surface area contributed by atoms with Gasteiger partial charge in [0.2, 0.25) is 5.91 Å². The molecule has 1 aliphatic rings. The van der Waals surface area contributed by atoms with Crippen molar-refractivity contribution >= 4 is 28.7 Å². The van der Waals surface area contributed by atoms with Crippen molar-refractivity contribution in [3.8, 4) is 0 Å². The lowest BCUT2D eigenvalue weighted by molar-refractivity contribution is -0.127. The maximum atomic E-state index is 12.6. The molecule has 0 aliphatic heterocycles. The van der Waals surface area contributed by atoms with E-state index in [4.69, 9.17) is 0 Å². The SMILES string of the molecule is CN(C)C(=O)Cc1cccc(NC(=O)c2cnc3c(c2)ncn3C2CC2)c1. The van der Waals surface area contributed by atoms with Crippen LogP contribution in [0.15, 0.2) is 42.9 Å². The summed E-state index contributed by atoms with van der Waals surface area (Å²) < 4.78 is 2.07. The molecule has 1 aliphatic carbocycles. The normalized spacial score (nSPS) is 13.6. The van der Waals surface area contributed by atoms with Gasteiger partial charge in [-0.25, -0.2) is 9.97 Å². The second-order valence-electron chi connectivity index (χ2n) is 7.07. The zero-order chi connectivity index (χ0) is 19.0. The molecule has 0 atom stereocenters. The Hall–Kier alpha value is -3.22. The van der Waals surface area contributed by atoms with Gasteiger partial charge >= 0.3 is 0 Å².